The van der Waals surface area contributed by atoms with E-state index < -0.39 is 12.1 Å². The summed E-state index contributed by atoms with van der Waals surface area (Å²) < 4.78 is 1.92. The van der Waals surface area contributed by atoms with Gasteiger partial charge in [-0.3, -0.25) is 9.78 Å². The van der Waals surface area contributed by atoms with Crippen LogP contribution in [-0.2, 0) is 17.6 Å². The summed E-state index contributed by atoms with van der Waals surface area (Å²) in [5.74, 6) is -0.858. The maximum Gasteiger partial charge on any atom is 0.303 e. The van der Waals surface area contributed by atoms with Crippen molar-refractivity contribution in [2.45, 2.75) is 62.5 Å². The van der Waals surface area contributed by atoms with Crippen molar-refractivity contribution in [3.8, 4) is 11.3 Å². The molecule has 0 aliphatic rings. The van der Waals surface area contributed by atoms with Gasteiger partial charge in [-0.15, -0.1) is 0 Å². The number of β-amino-alcohol motifs (C(OH)–C–C–N with tert-alkyl or cyclic N) is 1. The smallest absolute Gasteiger partial charge is 0.303 e. The van der Waals surface area contributed by atoms with Gasteiger partial charge in [0.15, 0.2) is 0 Å². The number of thiophene rings is 1. The van der Waals surface area contributed by atoms with Crippen LogP contribution >= 0.6 is 46.5 Å². The second kappa shape index (κ2) is 14.7. The van der Waals surface area contributed by atoms with Gasteiger partial charge in [0.1, 0.15) is 0 Å². The molecule has 0 fully saturated rings. The first kappa shape index (κ1) is 30.9. The standard InChI is InChI=1S/C28H35Cl2N3O3S2/c1-28(2,12-5-6-19-11-13-37-18-19)31-16-22(34)17-33(3)38-27-23(29)14-20(15-24(27)30)25-8-4-7-21(32-25)9-10-26(35)36/h4,7-8,11,13-15,18,22,31,34H,5-6,9-10,12,16-17H2,1-3H3,(H,35,36). The van der Waals surface area contributed by atoms with E-state index in [1.165, 1.54) is 17.5 Å². The largest absolute Gasteiger partial charge is 0.481 e. The quantitative estimate of drug-likeness (QED) is 0.166. The molecular weight excluding hydrogens is 561 g/mol. The third kappa shape index (κ3) is 10.2. The number of carboxylic acids is 1. The highest BCUT2D eigenvalue weighted by molar-refractivity contribution is 7.97. The lowest BCUT2D eigenvalue weighted by molar-refractivity contribution is -0.136. The molecule has 10 heteroatoms. The second-order valence-electron chi connectivity index (χ2n) is 9.98. The number of rotatable bonds is 15. The number of aromatic nitrogens is 1. The van der Waals surface area contributed by atoms with Crippen LogP contribution in [0, 0.1) is 0 Å². The Morgan fingerprint density at radius 2 is 1.95 bits per heavy atom. The molecule has 0 saturated heterocycles. The predicted molar refractivity (Wildman–Crippen MR) is 159 cm³/mol. The minimum absolute atomic E-state index is 0.0221. The Kier molecular flexibility index (Phi) is 11.9. The van der Waals surface area contributed by atoms with Crippen LogP contribution in [0.5, 0.6) is 0 Å². The minimum Gasteiger partial charge on any atom is -0.481 e. The number of halogens is 2. The number of carboxylic acid groups (broad SMARTS) is 1. The van der Waals surface area contributed by atoms with E-state index in [4.69, 9.17) is 28.3 Å². The number of benzene rings is 1. The van der Waals surface area contributed by atoms with Gasteiger partial charge in [0.05, 0.1) is 33.2 Å². The van der Waals surface area contributed by atoms with E-state index in [1.54, 1.807) is 17.4 Å². The SMILES string of the molecule is CN(CC(O)CNC(C)(C)CCCc1ccsc1)Sc1c(Cl)cc(-c2cccc(CCC(=O)O)n2)cc1Cl. The van der Waals surface area contributed by atoms with E-state index in [2.05, 4.69) is 41.0 Å². The molecule has 0 amide bonds. The highest BCUT2D eigenvalue weighted by Gasteiger charge is 2.20. The highest BCUT2D eigenvalue weighted by atomic mass is 35.5. The predicted octanol–water partition coefficient (Wildman–Crippen LogP) is 6.83. The Balaban J connectivity index is 1.52. The molecule has 3 rings (SSSR count). The molecule has 0 saturated carbocycles. The number of aliphatic hydroxyl groups is 1. The number of hydrogen-bond acceptors (Lipinski definition) is 7. The van der Waals surface area contributed by atoms with Crippen LogP contribution in [-0.4, -0.2) is 57.3 Å². The molecule has 2 aromatic heterocycles. The number of hydrogen-bond donors (Lipinski definition) is 3. The van der Waals surface area contributed by atoms with Gasteiger partial charge in [-0.2, -0.15) is 11.3 Å². The van der Waals surface area contributed by atoms with Crippen LogP contribution in [0.25, 0.3) is 11.3 Å². The fourth-order valence-corrected chi connectivity index (χ4v) is 6.26. The number of nitrogens with zero attached hydrogens (tertiary/aromatic N) is 2. The van der Waals surface area contributed by atoms with Crippen molar-refractivity contribution >= 4 is 52.5 Å². The zero-order valence-electron chi connectivity index (χ0n) is 21.9. The van der Waals surface area contributed by atoms with Crippen LogP contribution in [0.1, 0.15) is 44.4 Å². The van der Waals surface area contributed by atoms with Gasteiger partial charge in [0.2, 0.25) is 0 Å². The van der Waals surface area contributed by atoms with Crippen molar-refractivity contribution in [2.24, 2.45) is 0 Å². The van der Waals surface area contributed by atoms with Crippen molar-refractivity contribution in [3.05, 3.63) is 68.5 Å². The van der Waals surface area contributed by atoms with Crippen molar-refractivity contribution in [1.29, 1.82) is 0 Å². The van der Waals surface area contributed by atoms with Crippen LogP contribution in [0.2, 0.25) is 10.0 Å². The van der Waals surface area contributed by atoms with Crippen molar-refractivity contribution in [2.75, 3.05) is 20.1 Å². The number of carbonyl (C=O) groups is 1. The molecule has 0 spiro atoms. The van der Waals surface area contributed by atoms with Gasteiger partial charge in [0, 0.05) is 36.3 Å². The third-order valence-corrected chi connectivity index (χ3v) is 8.71. The summed E-state index contributed by atoms with van der Waals surface area (Å²) in [5.41, 5.74) is 3.46. The number of likely N-dealkylation sites (N-methyl/N-ethyl adjacent to an activating group) is 1. The van der Waals surface area contributed by atoms with E-state index in [-0.39, 0.29) is 12.0 Å². The molecular formula is C28H35Cl2N3O3S2. The Labute approximate surface area is 243 Å². The summed E-state index contributed by atoms with van der Waals surface area (Å²) in [6, 6.07) is 11.3. The monoisotopic (exact) mass is 595 g/mol. The minimum atomic E-state index is -0.858. The Morgan fingerprint density at radius 3 is 2.61 bits per heavy atom. The molecule has 0 bridgehead atoms. The van der Waals surface area contributed by atoms with E-state index >= 15 is 0 Å². The highest BCUT2D eigenvalue weighted by Crippen LogP contribution is 2.39. The Morgan fingerprint density at radius 1 is 1.21 bits per heavy atom. The van der Waals surface area contributed by atoms with Crippen LogP contribution in [0.4, 0.5) is 0 Å². The van der Waals surface area contributed by atoms with Gasteiger partial charge >= 0.3 is 5.97 Å². The summed E-state index contributed by atoms with van der Waals surface area (Å²) in [6.45, 7) is 5.26. The first-order valence-electron chi connectivity index (χ1n) is 12.5. The van der Waals surface area contributed by atoms with Crippen LogP contribution in [0.15, 0.2) is 52.1 Å². The molecule has 3 N–H and O–H groups in total. The zero-order valence-corrected chi connectivity index (χ0v) is 25.1. The van der Waals surface area contributed by atoms with Crippen molar-refractivity contribution in [3.63, 3.8) is 0 Å². The third-order valence-electron chi connectivity index (χ3n) is 6.07. The van der Waals surface area contributed by atoms with Crippen molar-refractivity contribution < 1.29 is 15.0 Å². The maximum atomic E-state index is 10.9. The summed E-state index contributed by atoms with van der Waals surface area (Å²) in [7, 11) is 1.90. The van der Waals surface area contributed by atoms with Crippen molar-refractivity contribution in [1.82, 2.24) is 14.6 Å². The van der Waals surface area contributed by atoms with E-state index in [9.17, 15) is 9.90 Å². The van der Waals surface area contributed by atoms with E-state index in [0.717, 1.165) is 24.8 Å². The van der Waals surface area contributed by atoms with Gasteiger partial charge in [0.25, 0.3) is 0 Å². The molecule has 1 aromatic carbocycles. The summed E-state index contributed by atoms with van der Waals surface area (Å²) in [5, 5.41) is 28.4. The lowest BCUT2D eigenvalue weighted by Gasteiger charge is -2.29. The van der Waals surface area contributed by atoms with Gasteiger partial charge in [-0.1, -0.05) is 29.3 Å². The second-order valence-corrected chi connectivity index (χ2v) is 12.8. The summed E-state index contributed by atoms with van der Waals surface area (Å²) >= 11 is 16.3. The topological polar surface area (TPSA) is 85.7 Å². The number of aliphatic hydroxyl groups excluding tert-OH is 1. The van der Waals surface area contributed by atoms with Gasteiger partial charge < -0.3 is 15.5 Å². The normalized spacial score (nSPS) is 12.7. The molecule has 3 aromatic rings. The van der Waals surface area contributed by atoms with Gasteiger partial charge in [-0.25, -0.2) is 4.31 Å². The molecule has 38 heavy (non-hydrogen) atoms. The zero-order chi connectivity index (χ0) is 27.7. The first-order valence-corrected chi connectivity index (χ1v) is 15.0. The number of aliphatic carboxylic acids is 1. The van der Waals surface area contributed by atoms with Gasteiger partial charge in [-0.05, 0) is 98.8 Å². The molecule has 0 aliphatic heterocycles. The Hall–Kier alpha value is -1.65. The summed E-state index contributed by atoms with van der Waals surface area (Å²) in [6.07, 6.45) is 3.01. The first-order chi connectivity index (χ1) is 18.0. The van der Waals surface area contributed by atoms with E-state index in [0.29, 0.717) is 45.8 Å². The molecule has 6 nitrogen and oxygen atoms in total. The molecule has 1 unspecified atom stereocenters. The number of pyridine rings is 1. The lowest BCUT2D eigenvalue weighted by atomic mass is 9.96. The average molecular weight is 597 g/mol. The van der Waals surface area contributed by atoms with Crippen LogP contribution in [0.3, 0.4) is 0 Å². The fraction of sp³-hybridized carbons (Fsp3) is 0.429. The molecule has 2 heterocycles. The number of nitrogens with one attached hydrogen (secondary N) is 1. The van der Waals surface area contributed by atoms with Crippen LogP contribution < -0.4 is 5.32 Å². The molecule has 0 aliphatic carbocycles. The summed E-state index contributed by atoms with van der Waals surface area (Å²) in [4.78, 5) is 16.1. The molecule has 206 valence electrons. The Bertz CT molecular complexity index is 1170. The maximum absolute atomic E-state index is 10.9. The number of aryl methyl sites for hydroxylation is 2. The average Bonchev–Trinajstić information content (AvgIpc) is 3.37. The van der Waals surface area contributed by atoms with E-state index in [1.807, 2.05) is 35.6 Å². The lowest BCUT2D eigenvalue weighted by Crippen LogP contribution is -2.45. The fourth-order valence-electron chi connectivity index (χ4n) is 4.02. The molecule has 1 atom stereocenters. The molecule has 0 radical (unpaired) electrons.